The van der Waals surface area contributed by atoms with Gasteiger partial charge in [-0.3, -0.25) is 4.90 Å². The van der Waals surface area contributed by atoms with Gasteiger partial charge < -0.3 is 9.88 Å². The lowest BCUT2D eigenvalue weighted by Gasteiger charge is -2.24. The molecule has 0 aromatic carbocycles. The Hall–Kier alpha value is -1.88. The zero-order chi connectivity index (χ0) is 14.8. The lowest BCUT2D eigenvalue weighted by molar-refractivity contribution is 0.236. The van der Waals surface area contributed by atoms with Crippen molar-refractivity contribution >= 4 is 5.82 Å². The summed E-state index contributed by atoms with van der Waals surface area (Å²) in [6.07, 6.45) is 6.35. The average molecular weight is 285 g/mol. The Labute approximate surface area is 126 Å². The molecule has 2 aromatic heterocycles. The highest BCUT2D eigenvalue weighted by Crippen LogP contribution is 2.33. The lowest BCUT2D eigenvalue weighted by Crippen LogP contribution is -2.25. The van der Waals surface area contributed by atoms with Crippen LogP contribution in [0.5, 0.6) is 0 Å². The monoisotopic (exact) mass is 285 g/mol. The third-order valence-electron chi connectivity index (χ3n) is 4.20. The minimum atomic E-state index is 0.411. The summed E-state index contributed by atoms with van der Waals surface area (Å²) >= 11 is 0. The van der Waals surface area contributed by atoms with Crippen molar-refractivity contribution in [3.8, 4) is 0 Å². The standard InChI is InChI=1S/C16H23N5/c1-12-10-20(3)16(19-12)14-7-5-9-21(14)11-13-6-4-8-18-15(13)17-2/h4,6,8,10,14H,5,7,9,11H2,1-3H3,(H,17,18)/t14-/m1/s1. The van der Waals surface area contributed by atoms with Gasteiger partial charge in [-0.2, -0.15) is 0 Å². The van der Waals surface area contributed by atoms with E-state index in [2.05, 4.69) is 46.0 Å². The first-order chi connectivity index (χ1) is 10.2. The van der Waals surface area contributed by atoms with Crippen LogP contribution in [0.25, 0.3) is 0 Å². The number of aryl methyl sites for hydroxylation is 2. The molecule has 1 N–H and O–H groups in total. The topological polar surface area (TPSA) is 46.0 Å². The number of hydrogen-bond donors (Lipinski definition) is 1. The molecular weight excluding hydrogens is 262 g/mol. The zero-order valence-corrected chi connectivity index (χ0v) is 13.0. The van der Waals surface area contributed by atoms with Gasteiger partial charge in [0.15, 0.2) is 0 Å². The Bertz CT molecular complexity index is 619. The van der Waals surface area contributed by atoms with Gasteiger partial charge in [-0.05, 0) is 32.4 Å². The molecule has 0 amide bonds. The fourth-order valence-corrected chi connectivity index (χ4v) is 3.26. The third kappa shape index (κ3) is 2.78. The maximum Gasteiger partial charge on any atom is 0.130 e. The van der Waals surface area contributed by atoms with Crippen molar-refractivity contribution in [2.45, 2.75) is 32.4 Å². The van der Waals surface area contributed by atoms with Crippen LogP contribution in [0.2, 0.25) is 0 Å². The van der Waals surface area contributed by atoms with Gasteiger partial charge in [-0.1, -0.05) is 6.07 Å². The molecule has 1 fully saturated rings. The van der Waals surface area contributed by atoms with E-state index in [1.54, 1.807) is 0 Å². The Morgan fingerprint density at radius 2 is 2.29 bits per heavy atom. The molecule has 112 valence electrons. The van der Waals surface area contributed by atoms with Crippen LogP contribution < -0.4 is 5.32 Å². The maximum atomic E-state index is 4.72. The molecule has 0 saturated carbocycles. The van der Waals surface area contributed by atoms with Crippen molar-refractivity contribution in [2.75, 3.05) is 18.9 Å². The molecule has 5 nitrogen and oxygen atoms in total. The SMILES string of the molecule is CNc1ncccc1CN1CCC[C@@H]1c1nc(C)cn1C. The minimum absolute atomic E-state index is 0.411. The van der Waals surface area contributed by atoms with Gasteiger partial charge in [0.25, 0.3) is 0 Å². The maximum absolute atomic E-state index is 4.72. The lowest BCUT2D eigenvalue weighted by atomic mass is 10.2. The first kappa shape index (κ1) is 14.1. The molecule has 1 aliphatic rings. The average Bonchev–Trinajstić information content (AvgIpc) is 3.05. The Morgan fingerprint density at radius 1 is 1.43 bits per heavy atom. The summed E-state index contributed by atoms with van der Waals surface area (Å²) in [5, 5.41) is 3.18. The quantitative estimate of drug-likeness (QED) is 0.937. The highest BCUT2D eigenvalue weighted by atomic mass is 15.2. The number of likely N-dealkylation sites (tertiary alicyclic amines) is 1. The summed E-state index contributed by atoms with van der Waals surface area (Å²) in [6, 6.07) is 4.57. The van der Waals surface area contributed by atoms with Crippen molar-refractivity contribution < 1.29 is 0 Å². The predicted molar refractivity (Wildman–Crippen MR) is 84.1 cm³/mol. The second-order valence-corrected chi connectivity index (χ2v) is 5.74. The van der Waals surface area contributed by atoms with Gasteiger partial charge >= 0.3 is 0 Å². The van der Waals surface area contributed by atoms with E-state index in [-0.39, 0.29) is 0 Å². The molecule has 5 heteroatoms. The molecule has 0 bridgehead atoms. The van der Waals surface area contributed by atoms with Crippen LogP contribution >= 0.6 is 0 Å². The van der Waals surface area contributed by atoms with Crippen LogP contribution in [0.15, 0.2) is 24.5 Å². The molecule has 1 saturated heterocycles. The summed E-state index contributed by atoms with van der Waals surface area (Å²) in [7, 11) is 4.02. The second-order valence-electron chi connectivity index (χ2n) is 5.74. The number of hydrogen-bond acceptors (Lipinski definition) is 4. The van der Waals surface area contributed by atoms with Crippen molar-refractivity contribution in [1.82, 2.24) is 19.4 Å². The van der Waals surface area contributed by atoms with Crippen LogP contribution in [0.1, 0.15) is 36.0 Å². The smallest absolute Gasteiger partial charge is 0.130 e. The summed E-state index contributed by atoms with van der Waals surface area (Å²) in [5.41, 5.74) is 2.34. The number of imidazole rings is 1. The molecule has 21 heavy (non-hydrogen) atoms. The molecule has 3 rings (SSSR count). The van der Waals surface area contributed by atoms with Crippen molar-refractivity contribution in [2.24, 2.45) is 7.05 Å². The van der Waals surface area contributed by atoms with E-state index in [9.17, 15) is 0 Å². The van der Waals surface area contributed by atoms with E-state index < -0.39 is 0 Å². The molecule has 2 aromatic rings. The molecule has 3 heterocycles. The fraction of sp³-hybridized carbons (Fsp3) is 0.500. The van der Waals surface area contributed by atoms with Crippen molar-refractivity contribution in [3.63, 3.8) is 0 Å². The molecule has 0 radical (unpaired) electrons. The Morgan fingerprint density at radius 3 is 3.00 bits per heavy atom. The van der Waals surface area contributed by atoms with Crippen LogP contribution in [-0.2, 0) is 13.6 Å². The third-order valence-corrected chi connectivity index (χ3v) is 4.20. The number of anilines is 1. The van der Waals surface area contributed by atoms with Gasteiger partial charge in [-0.15, -0.1) is 0 Å². The van der Waals surface area contributed by atoms with E-state index in [0.29, 0.717) is 6.04 Å². The van der Waals surface area contributed by atoms with E-state index in [4.69, 9.17) is 4.98 Å². The van der Waals surface area contributed by atoms with E-state index in [1.165, 1.54) is 24.2 Å². The summed E-state index contributed by atoms with van der Waals surface area (Å²) in [5.74, 6) is 2.15. The number of aromatic nitrogens is 3. The molecule has 1 aliphatic heterocycles. The molecule has 1 atom stereocenters. The van der Waals surface area contributed by atoms with Crippen LogP contribution in [0, 0.1) is 6.92 Å². The summed E-state index contributed by atoms with van der Waals surface area (Å²) in [4.78, 5) is 11.6. The van der Waals surface area contributed by atoms with Gasteiger partial charge in [0.05, 0.1) is 11.7 Å². The van der Waals surface area contributed by atoms with Gasteiger partial charge in [0.2, 0.25) is 0 Å². The van der Waals surface area contributed by atoms with Crippen LogP contribution in [0.4, 0.5) is 5.82 Å². The first-order valence-electron chi connectivity index (χ1n) is 7.54. The van der Waals surface area contributed by atoms with Gasteiger partial charge in [0, 0.05) is 38.6 Å². The van der Waals surface area contributed by atoms with Crippen LogP contribution in [-0.4, -0.2) is 33.0 Å². The molecule has 0 spiro atoms. The molecule has 0 aliphatic carbocycles. The predicted octanol–water partition coefficient (Wildman–Crippen LogP) is 2.50. The fourth-order valence-electron chi connectivity index (χ4n) is 3.26. The largest absolute Gasteiger partial charge is 0.373 e. The summed E-state index contributed by atoms with van der Waals surface area (Å²) in [6.45, 7) is 4.10. The summed E-state index contributed by atoms with van der Waals surface area (Å²) < 4.78 is 2.17. The number of rotatable bonds is 4. The van der Waals surface area contributed by atoms with Gasteiger partial charge in [0.1, 0.15) is 11.6 Å². The van der Waals surface area contributed by atoms with E-state index in [1.807, 2.05) is 19.3 Å². The van der Waals surface area contributed by atoms with Crippen LogP contribution in [0.3, 0.4) is 0 Å². The zero-order valence-electron chi connectivity index (χ0n) is 13.0. The number of nitrogens with one attached hydrogen (secondary N) is 1. The normalized spacial score (nSPS) is 19.1. The number of nitrogens with zero attached hydrogens (tertiary/aromatic N) is 4. The van der Waals surface area contributed by atoms with Crippen molar-refractivity contribution in [3.05, 3.63) is 41.6 Å². The molecular formula is C16H23N5. The van der Waals surface area contributed by atoms with Crippen molar-refractivity contribution in [1.29, 1.82) is 0 Å². The van der Waals surface area contributed by atoms with Gasteiger partial charge in [-0.25, -0.2) is 9.97 Å². The number of pyridine rings is 1. The first-order valence-corrected chi connectivity index (χ1v) is 7.54. The van der Waals surface area contributed by atoms with E-state index >= 15 is 0 Å². The molecule has 0 unspecified atom stereocenters. The Balaban J connectivity index is 1.83. The Kier molecular flexibility index (Phi) is 3.92. The van der Waals surface area contributed by atoms with E-state index in [0.717, 1.165) is 24.6 Å². The minimum Gasteiger partial charge on any atom is -0.373 e. The highest BCUT2D eigenvalue weighted by molar-refractivity contribution is 5.42. The second kappa shape index (κ2) is 5.85. The highest BCUT2D eigenvalue weighted by Gasteiger charge is 2.29.